The first-order valence-corrected chi connectivity index (χ1v) is 5.16. The average Bonchev–Trinajstić information content (AvgIpc) is 2.84. The van der Waals surface area contributed by atoms with Crippen LogP contribution >= 0.6 is 11.3 Å². The van der Waals surface area contributed by atoms with Gasteiger partial charge in [0.05, 0.1) is 12.7 Å². The van der Waals surface area contributed by atoms with Crippen molar-refractivity contribution in [3.05, 3.63) is 28.5 Å². The van der Waals surface area contributed by atoms with Crippen LogP contribution in [0.3, 0.4) is 0 Å². The maximum atomic E-state index is 11.5. The molecule has 78 valence electrons. The fourth-order valence-electron chi connectivity index (χ4n) is 1.04. The molecule has 2 aromatic rings. The molecule has 6 nitrogen and oxygen atoms in total. The number of aryl methyl sites for hydroxylation is 1. The molecule has 0 saturated carbocycles. The summed E-state index contributed by atoms with van der Waals surface area (Å²) in [6, 6.07) is 0. The highest BCUT2D eigenvalue weighted by Crippen LogP contribution is 2.03. The zero-order valence-electron chi connectivity index (χ0n) is 8.04. The zero-order valence-corrected chi connectivity index (χ0v) is 8.86. The van der Waals surface area contributed by atoms with E-state index in [-0.39, 0.29) is 5.91 Å². The van der Waals surface area contributed by atoms with Gasteiger partial charge < -0.3 is 5.32 Å². The van der Waals surface area contributed by atoms with Gasteiger partial charge in [-0.15, -0.1) is 16.4 Å². The lowest BCUT2D eigenvalue weighted by Crippen LogP contribution is -2.23. The standard InChI is InChI=1S/C8H9N5OS/c1-13-5-6(11-12-13)8(14)10-4-7-9-2-3-15-7/h2-3,5H,4H2,1H3,(H,10,14). The molecule has 0 atom stereocenters. The number of aromatic nitrogens is 4. The molecule has 0 aliphatic carbocycles. The summed E-state index contributed by atoms with van der Waals surface area (Å²) in [5, 5.41) is 12.8. The van der Waals surface area contributed by atoms with Crippen LogP contribution in [0.5, 0.6) is 0 Å². The van der Waals surface area contributed by atoms with E-state index in [0.29, 0.717) is 12.2 Å². The largest absolute Gasteiger partial charge is 0.344 e. The van der Waals surface area contributed by atoms with Gasteiger partial charge in [0, 0.05) is 18.6 Å². The molecule has 15 heavy (non-hydrogen) atoms. The lowest BCUT2D eigenvalue weighted by molar-refractivity contribution is 0.0946. The summed E-state index contributed by atoms with van der Waals surface area (Å²) in [5.41, 5.74) is 0.314. The Bertz CT molecular complexity index is 449. The number of hydrogen-bond acceptors (Lipinski definition) is 5. The van der Waals surface area contributed by atoms with E-state index >= 15 is 0 Å². The quantitative estimate of drug-likeness (QED) is 0.806. The number of thiazole rings is 1. The molecule has 2 aromatic heterocycles. The van der Waals surface area contributed by atoms with Gasteiger partial charge in [0.25, 0.3) is 5.91 Å². The Balaban J connectivity index is 1.93. The Labute approximate surface area is 90.0 Å². The van der Waals surface area contributed by atoms with Gasteiger partial charge in [0.2, 0.25) is 0 Å². The Kier molecular flexibility index (Phi) is 2.72. The van der Waals surface area contributed by atoms with E-state index in [9.17, 15) is 4.79 Å². The second-order valence-electron chi connectivity index (χ2n) is 2.89. The van der Waals surface area contributed by atoms with Crippen molar-refractivity contribution in [1.82, 2.24) is 25.3 Å². The highest BCUT2D eigenvalue weighted by atomic mass is 32.1. The summed E-state index contributed by atoms with van der Waals surface area (Å²) in [4.78, 5) is 15.6. The zero-order chi connectivity index (χ0) is 10.7. The Morgan fingerprint density at radius 3 is 3.13 bits per heavy atom. The van der Waals surface area contributed by atoms with Crippen molar-refractivity contribution in [2.75, 3.05) is 0 Å². The third-order valence-electron chi connectivity index (χ3n) is 1.72. The number of carbonyl (C=O) groups excluding carboxylic acids is 1. The molecule has 0 spiro atoms. The van der Waals surface area contributed by atoms with E-state index in [0.717, 1.165) is 5.01 Å². The number of hydrogen-bond donors (Lipinski definition) is 1. The van der Waals surface area contributed by atoms with Gasteiger partial charge >= 0.3 is 0 Å². The topological polar surface area (TPSA) is 72.7 Å². The van der Waals surface area contributed by atoms with Crippen molar-refractivity contribution in [3.8, 4) is 0 Å². The van der Waals surface area contributed by atoms with Crippen molar-refractivity contribution in [1.29, 1.82) is 0 Å². The summed E-state index contributed by atoms with van der Waals surface area (Å²) in [7, 11) is 1.71. The molecule has 0 radical (unpaired) electrons. The van der Waals surface area contributed by atoms with Gasteiger partial charge in [-0.1, -0.05) is 5.21 Å². The van der Waals surface area contributed by atoms with Crippen molar-refractivity contribution in [2.45, 2.75) is 6.54 Å². The third kappa shape index (κ3) is 2.38. The number of rotatable bonds is 3. The summed E-state index contributed by atoms with van der Waals surface area (Å²) in [5.74, 6) is -0.238. The summed E-state index contributed by atoms with van der Waals surface area (Å²) in [6.07, 6.45) is 3.27. The van der Waals surface area contributed by atoms with Crippen molar-refractivity contribution < 1.29 is 4.79 Å². The first kappa shape index (κ1) is 9.78. The highest BCUT2D eigenvalue weighted by Gasteiger charge is 2.09. The fourth-order valence-corrected chi connectivity index (χ4v) is 1.59. The smallest absolute Gasteiger partial charge is 0.273 e. The summed E-state index contributed by atoms with van der Waals surface area (Å²) >= 11 is 1.50. The molecular weight excluding hydrogens is 214 g/mol. The minimum atomic E-state index is -0.238. The SMILES string of the molecule is Cn1cc(C(=O)NCc2nccs2)nn1. The molecule has 2 heterocycles. The van der Waals surface area contributed by atoms with Crippen LogP contribution in [-0.4, -0.2) is 25.9 Å². The molecule has 0 bridgehead atoms. The van der Waals surface area contributed by atoms with Gasteiger partial charge in [-0.3, -0.25) is 9.48 Å². The Hall–Kier alpha value is -1.76. The normalized spacial score (nSPS) is 10.2. The first-order valence-electron chi connectivity index (χ1n) is 4.28. The number of nitrogens with zero attached hydrogens (tertiary/aromatic N) is 4. The predicted molar refractivity (Wildman–Crippen MR) is 54.3 cm³/mol. The summed E-state index contributed by atoms with van der Waals surface area (Å²) < 4.78 is 1.48. The van der Waals surface area contributed by atoms with Crippen LogP contribution in [0, 0.1) is 0 Å². The molecule has 0 aliphatic rings. The third-order valence-corrected chi connectivity index (χ3v) is 2.50. The van der Waals surface area contributed by atoms with E-state index in [1.54, 1.807) is 19.4 Å². The predicted octanol–water partition coefficient (Wildman–Crippen LogP) is 0.202. The van der Waals surface area contributed by atoms with E-state index in [1.807, 2.05) is 5.38 Å². The van der Waals surface area contributed by atoms with E-state index in [2.05, 4.69) is 20.6 Å². The van der Waals surface area contributed by atoms with Crippen LogP contribution in [0.15, 0.2) is 17.8 Å². The molecule has 0 unspecified atom stereocenters. The molecule has 0 saturated heterocycles. The van der Waals surface area contributed by atoms with Crippen molar-refractivity contribution >= 4 is 17.2 Å². The average molecular weight is 223 g/mol. The molecular formula is C8H9N5OS. The van der Waals surface area contributed by atoms with Crippen LogP contribution in [0.2, 0.25) is 0 Å². The highest BCUT2D eigenvalue weighted by molar-refractivity contribution is 7.09. The second kappa shape index (κ2) is 4.18. The number of amides is 1. The van der Waals surface area contributed by atoms with Crippen molar-refractivity contribution in [3.63, 3.8) is 0 Å². The van der Waals surface area contributed by atoms with Gasteiger partial charge in [-0.2, -0.15) is 0 Å². The van der Waals surface area contributed by atoms with Crippen LogP contribution in [0.25, 0.3) is 0 Å². The first-order chi connectivity index (χ1) is 7.25. The van der Waals surface area contributed by atoms with Gasteiger partial charge in [0.15, 0.2) is 5.69 Å². The fraction of sp³-hybridized carbons (Fsp3) is 0.250. The van der Waals surface area contributed by atoms with Crippen molar-refractivity contribution in [2.24, 2.45) is 7.05 Å². The molecule has 1 amide bonds. The maximum absolute atomic E-state index is 11.5. The minimum Gasteiger partial charge on any atom is -0.344 e. The molecule has 0 fully saturated rings. The van der Waals surface area contributed by atoms with Crippen LogP contribution in [0.1, 0.15) is 15.5 Å². The van der Waals surface area contributed by atoms with Gasteiger partial charge in [-0.25, -0.2) is 4.98 Å². The monoisotopic (exact) mass is 223 g/mol. The number of nitrogens with one attached hydrogen (secondary N) is 1. The second-order valence-corrected chi connectivity index (χ2v) is 3.87. The van der Waals surface area contributed by atoms with Crippen LogP contribution in [-0.2, 0) is 13.6 Å². The van der Waals surface area contributed by atoms with Gasteiger partial charge in [-0.05, 0) is 0 Å². The molecule has 0 aromatic carbocycles. The molecule has 7 heteroatoms. The molecule has 2 rings (SSSR count). The Morgan fingerprint density at radius 1 is 1.67 bits per heavy atom. The van der Waals surface area contributed by atoms with Crippen LogP contribution in [0.4, 0.5) is 0 Å². The lowest BCUT2D eigenvalue weighted by atomic mass is 10.4. The summed E-state index contributed by atoms with van der Waals surface area (Å²) in [6.45, 7) is 0.424. The molecule has 0 aliphatic heterocycles. The van der Waals surface area contributed by atoms with Gasteiger partial charge in [0.1, 0.15) is 5.01 Å². The lowest BCUT2D eigenvalue weighted by Gasteiger charge is -1.98. The maximum Gasteiger partial charge on any atom is 0.273 e. The Morgan fingerprint density at radius 2 is 2.53 bits per heavy atom. The minimum absolute atomic E-state index is 0.238. The number of carbonyl (C=O) groups is 1. The van der Waals surface area contributed by atoms with Crippen LogP contribution < -0.4 is 5.32 Å². The molecule has 1 N–H and O–H groups in total. The van der Waals surface area contributed by atoms with E-state index < -0.39 is 0 Å². The van der Waals surface area contributed by atoms with E-state index in [4.69, 9.17) is 0 Å². The van der Waals surface area contributed by atoms with E-state index in [1.165, 1.54) is 16.0 Å².